The van der Waals surface area contributed by atoms with Crippen LogP contribution in [0.3, 0.4) is 0 Å². The van der Waals surface area contributed by atoms with Crippen molar-refractivity contribution >= 4 is 35.1 Å². The molecule has 1 atom stereocenters. The monoisotopic (exact) mass is 355 g/mol. The Bertz CT molecular complexity index is 511. The van der Waals surface area contributed by atoms with E-state index >= 15 is 0 Å². The van der Waals surface area contributed by atoms with Crippen LogP contribution < -0.4 is 15.5 Å². The molecule has 5 nitrogen and oxygen atoms in total. The van der Waals surface area contributed by atoms with Crippen LogP contribution in [0.1, 0.15) is 19.3 Å². The van der Waals surface area contributed by atoms with Crippen LogP contribution in [0.4, 0.5) is 5.82 Å². The van der Waals surface area contributed by atoms with Crippen LogP contribution in [0.15, 0.2) is 23.3 Å². The normalized spacial score (nSPS) is 18.3. The van der Waals surface area contributed by atoms with Gasteiger partial charge in [-0.2, -0.15) is 11.8 Å². The number of unbranched alkanes of at least 4 members (excludes halogenated alkanes) is 1. The summed E-state index contributed by atoms with van der Waals surface area (Å²) in [5.74, 6) is 2.97. The van der Waals surface area contributed by atoms with Crippen molar-refractivity contribution in [1.82, 2.24) is 15.6 Å². The third-order valence-corrected chi connectivity index (χ3v) is 4.85. The van der Waals surface area contributed by atoms with Crippen LogP contribution in [0.25, 0.3) is 0 Å². The van der Waals surface area contributed by atoms with E-state index < -0.39 is 0 Å². The molecule has 1 fully saturated rings. The maximum absolute atomic E-state index is 6.23. The number of anilines is 1. The minimum absolute atomic E-state index is 0.366. The SMILES string of the molecule is CN=C(NCCCCSC)NC1CCN(c2ncccc2Cl)C1. The molecule has 0 amide bonds. The summed E-state index contributed by atoms with van der Waals surface area (Å²) in [5.41, 5.74) is 0. The molecule has 0 aromatic carbocycles. The van der Waals surface area contributed by atoms with E-state index in [2.05, 4.69) is 31.8 Å². The highest BCUT2D eigenvalue weighted by atomic mass is 35.5. The fraction of sp³-hybridized carbons (Fsp3) is 0.625. The number of nitrogens with zero attached hydrogens (tertiary/aromatic N) is 3. The Morgan fingerprint density at radius 1 is 1.52 bits per heavy atom. The number of hydrogen-bond acceptors (Lipinski definition) is 4. The van der Waals surface area contributed by atoms with Gasteiger partial charge in [-0.05, 0) is 43.4 Å². The first-order chi connectivity index (χ1) is 11.2. The molecule has 1 aromatic rings. The zero-order valence-corrected chi connectivity index (χ0v) is 15.5. The molecule has 2 heterocycles. The number of nitrogens with one attached hydrogen (secondary N) is 2. The van der Waals surface area contributed by atoms with E-state index in [4.69, 9.17) is 11.6 Å². The van der Waals surface area contributed by atoms with Gasteiger partial charge in [0.15, 0.2) is 5.96 Å². The largest absolute Gasteiger partial charge is 0.356 e. The topological polar surface area (TPSA) is 52.6 Å². The van der Waals surface area contributed by atoms with Crippen molar-refractivity contribution < 1.29 is 0 Å². The molecule has 2 N–H and O–H groups in total. The molecule has 23 heavy (non-hydrogen) atoms. The Hall–Kier alpha value is -1.14. The van der Waals surface area contributed by atoms with E-state index in [1.807, 2.05) is 30.9 Å². The lowest BCUT2D eigenvalue weighted by Gasteiger charge is -2.20. The van der Waals surface area contributed by atoms with E-state index in [0.29, 0.717) is 11.1 Å². The molecule has 2 rings (SSSR count). The summed E-state index contributed by atoms with van der Waals surface area (Å²) >= 11 is 8.13. The highest BCUT2D eigenvalue weighted by molar-refractivity contribution is 7.98. The predicted octanol–water partition coefficient (Wildman–Crippen LogP) is 2.62. The van der Waals surface area contributed by atoms with Crippen molar-refractivity contribution in [3.05, 3.63) is 23.4 Å². The van der Waals surface area contributed by atoms with E-state index in [1.165, 1.54) is 18.6 Å². The fourth-order valence-electron chi connectivity index (χ4n) is 2.65. The molecule has 7 heteroatoms. The molecular formula is C16H26ClN5S. The second-order valence-electron chi connectivity index (χ2n) is 5.58. The van der Waals surface area contributed by atoms with Gasteiger partial charge in [0, 0.05) is 38.9 Å². The highest BCUT2D eigenvalue weighted by Crippen LogP contribution is 2.25. The number of thioether (sulfide) groups is 1. The number of halogens is 1. The molecule has 0 bridgehead atoms. The fourth-order valence-corrected chi connectivity index (χ4v) is 3.38. The molecule has 0 saturated carbocycles. The summed E-state index contributed by atoms with van der Waals surface area (Å²) in [5, 5.41) is 7.60. The molecule has 1 saturated heterocycles. The van der Waals surface area contributed by atoms with Crippen LogP contribution in [0.5, 0.6) is 0 Å². The zero-order chi connectivity index (χ0) is 16.5. The van der Waals surface area contributed by atoms with Gasteiger partial charge in [0.25, 0.3) is 0 Å². The number of aliphatic imine (C=N–C) groups is 1. The van der Waals surface area contributed by atoms with Gasteiger partial charge in [-0.1, -0.05) is 11.6 Å². The molecule has 0 radical (unpaired) electrons. The Morgan fingerprint density at radius 3 is 3.13 bits per heavy atom. The summed E-state index contributed by atoms with van der Waals surface area (Å²) in [4.78, 5) is 10.9. The first kappa shape index (κ1) is 18.2. The van der Waals surface area contributed by atoms with Crippen molar-refractivity contribution in [3.8, 4) is 0 Å². The summed E-state index contributed by atoms with van der Waals surface area (Å²) in [7, 11) is 1.82. The van der Waals surface area contributed by atoms with Crippen molar-refractivity contribution in [3.63, 3.8) is 0 Å². The Labute approximate surface area is 148 Å². The van der Waals surface area contributed by atoms with E-state index in [9.17, 15) is 0 Å². The van der Waals surface area contributed by atoms with Crippen molar-refractivity contribution in [1.29, 1.82) is 0 Å². The van der Waals surface area contributed by atoms with Crippen LogP contribution in [0.2, 0.25) is 5.02 Å². The lowest BCUT2D eigenvalue weighted by Crippen LogP contribution is -2.44. The van der Waals surface area contributed by atoms with Crippen LogP contribution >= 0.6 is 23.4 Å². The molecule has 1 aliphatic rings. The number of pyridine rings is 1. The number of hydrogen-bond donors (Lipinski definition) is 2. The lowest BCUT2D eigenvalue weighted by atomic mass is 10.3. The third kappa shape index (κ3) is 5.77. The third-order valence-electron chi connectivity index (χ3n) is 3.86. The smallest absolute Gasteiger partial charge is 0.191 e. The van der Waals surface area contributed by atoms with Gasteiger partial charge in [0.1, 0.15) is 5.82 Å². The van der Waals surface area contributed by atoms with Crippen LogP contribution in [0, 0.1) is 0 Å². The van der Waals surface area contributed by atoms with Gasteiger partial charge in [0.2, 0.25) is 0 Å². The Morgan fingerprint density at radius 2 is 2.39 bits per heavy atom. The molecule has 0 aliphatic carbocycles. The average molecular weight is 356 g/mol. The van der Waals surface area contributed by atoms with Crippen molar-refractivity contribution in [2.75, 3.05) is 43.6 Å². The maximum Gasteiger partial charge on any atom is 0.191 e. The summed E-state index contributed by atoms with van der Waals surface area (Å²) in [6, 6.07) is 4.12. The molecule has 0 spiro atoms. The first-order valence-electron chi connectivity index (χ1n) is 8.06. The molecule has 1 aliphatic heterocycles. The van der Waals surface area contributed by atoms with E-state index in [-0.39, 0.29) is 0 Å². The lowest BCUT2D eigenvalue weighted by molar-refractivity contribution is 0.641. The second-order valence-corrected chi connectivity index (χ2v) is 6.98. The minimum Gasteiger partial charge on any atom is -0.356 e. The minimum atomic E-state index is 0.366. The van der Waals surface area contributed by atoms with E-state index in [0.717, 1.165) is 37.8 Å². The predicted molar refractivity (Wildman–Crippen MR) is 102 cm³/mol. The van der Waals surface area contributed by atoms with Crippen molar-refractivity contribution in [2.24, 2.45) is 4.99 Å². The number of guanidine groups is 1. The standard InChI is InChI=1S/C16H26ClN5S/c1-18-16(20-8-3-4-11-23-2)21-13-7-10-22(12-13)15-14(17)6-5-9-19-15/h5-6,9,13H,3-4,7-8,10-12H2,1-2H3,(H2,18,20,21). The van der Waals surface area contributed by atoms with Gasteiger partial charge in [-0.3, -0.25) is 4.99 Å². The van der Waals surface area contributed by atoms with Gasteiger partial charge < -0.3 is 15.5 Å². The molecular weight excluding hydrogens is 330 g/mol. The Kier molecular flexibility index (Phi) is 7.82. The first-order valence-corrected chi connectivity index (χ1v) is 9.83. The summed E-state index contributed by atoms with van der Waals surface area (Å²) in [6.45, 7) is 2.81. The quantitative estimate of drug-likeness (QED) is 0.447. The number of rotatable bonds is 7. The van der Waals surface area contributed by atoms with Gasteiger partial charge in [0.05, 0.1) is 5.02 Å². The second kappa shape index (κ2) is 9.88. The summed E-state index contributed by atoms with van der Waals surface area (Å²) < 4.78 is 0. The van der Waals surface area contributed by atoms with Gasteiger partial charge in [-0.25, -0.2) is 4.98 Å². The molecule has 1 aromatic heterocycles. The van der Waals surface area contributed by atoms with Gasteiger partial charge in [-0.15, -0.1) is 0 Å². The van der Waals surface area contributed by atoms with Crippen molar-refractivity contribution in [2.45, 2.75) is 25.3 Å². The van der Waals surface area contributed by atoms with Gasteiger partial charge >= 0.3 is 0 Å². The molecule has 128 valence electrons. The van der Waals surface area contributed by atoms with Crippen LogP contribution in [-0.2, 0) is 0 Å². The van der Waals surface area contributed by atoms with E-state index in [1.54, 1.807) is 6.20 Å². The number of aromatic nitrogens is 1. The Balaban J connectivity index is 1.76. The average Bonchev–Trinajstić information content (AvgIpc) is 3.02. The molecule has 1 unspecified atom stereocenters. The zero-order valence-electron chi connectivity index (χ0n) is 13.9. The highest BCUT2D eigenvalue weighted by Gasteiger charge is 2.25. The maximum atomic E-state index is 6.23. The van der Waals surface area contributed by atoms with Crippen LogP contribution in [-0.4, -0.2) is 55.7 Å². The summed E-state index contributed by atoms with van der Waals surface area (Å²) in [6.07, 6.45) is 7.40.